The van der Waals surface area contributed by atoms with Crippen molar-refractivity contribution < 1.29 is 14.7 Å². The van der Waals surface area contributed by atoms with E-state index in [2.05, 4.69) is 10.6 Å². The highest BCUT2D eigenvalue weighted by atomic mass is 16.3. The molecule has 0 radical (unpaired) electrons. The predicted octanol–water partition coefficient (Wildman–Crippen LogP) is 2.48. The molecule has 0 bridgehead atoms. The van der Waals surface area contributed by atoms with Crippen molar-refractivity contribution in [1.29, 1.82) is 0 Å². The summed E-state index contributed by atoms with van der Waals surface area (Å²) in [6, 6.07) is 4.92. The van der Waals surface area contributed by atoms with Crippen molar-refractivity contribution in [3.8, 4) is 0 Å². The molecule has 0 aliphatic carbocycles. The number of anilines is 1. The van der Waals surface area contributed by atoms with Gasteiger partial charge in [0.2, 0.25) is 5.91 Å². The van der Waals surface area contributed by atoms with Gasteiger partial charge in [-0.05, 0) is 43.0 Å². The van der Waals surface area contributed by atoms with E-state index < -0.39 is 0 Å². The number of aryl methyl sites for hydroxylation is 1. The minimum absolute atomic E-state index is 0.0263. The molecule has 1 aromatic carbocycles. The van der Waals surface area contributed by atoms with E-state index in [1.807, 2.05) is 27.7 Å². The van der Waals surface area contributed by atoms with Crippen LogP contribution in [0.5, 0.6) is 0 Å². The first-order valence-electron chi connectivity index (χ1n) is 7.69. The average Bonchev–Trinajstić information content (AvgIpc) is 2.45. The lowest BCUT2D eigenvalue weighted by Gasteiger charge is -2.15. The summed E-state index contributed by atoms with van der Waals surface area (Å²) in [7, 11) is 0. The van der Waals surface area contributed by atoms with Crippen LogP contribution in [0.3, 0.4) is 0 Å². The average molecular weight is 306 g/mol. The number of nitrogens with one attached hydrogen (secondary N) is 2. The molecule has 122 valence electrons. The molecule has 1 atom stereocenters. The molecule has 1 aromatic rings. The third-order valence-electron chi connectivity index (χ3n) is 3.40. The van der Waals surface area contributed by atoms with Crippen LogP contribution in [0.15, 0.2) is 18.2 Å². The molecule has 3 N–H and O–H groups in total. The molecule has 0 spiro atoms. The van der Waals surface area contributed by atoms with Crippen molar-refractivity contribution in [3.63, 3.8) is 0 Å². The zero-order valence-electron chi connectivity index (χ0n) is 13.8. The third kappa shape index (κ3) is 5.48. The molecule has 0 saturated carbocycles. The number of rotatable bonds is 7. The van der Waals surface area contributed by atoms with Crippen LogP contribution in [0.2, 0.25) is 0 Å². The highest BCUT2D eigenvalue weighted by molar-refractivity contribution is 5.96. The number of aliphatic hydroxyl groups excluding tert-OH is 1. The molecule has 0 aliphatic rings. The van der Waals surface area contributed by atoms with E-state index in [1.54, 1.807) is 18.2 Å². The summed E-state index contributed by atoms with van der Waals surface area (Å²) in [5.74, 6) is 0.0560. The van der Waals surface area contributed by atoms with Crippen molar-refractivity contribution in [2.75, 3.05) is 11.9 Å². The Morgan fingerprint density at radius 3 is 2.45 bits per heavy atom. The largest absolute Gasteiger partial charge is 0.394 e. The lowest BCUT2D eigenvalue weighted by Crippen LogP contribution is -2.36. The Kier molecular flexibility index (Phi) is 7.05. The summed E-state index contributed by atoms with van der Waals surface area (Å²) in [5.41, 5.74) is 2.07. The van der Waals surface area contributed by atoms with E-state index in [1.165, 1.54) is 0 Å². The van der Waals surface area contributed by atoms with Gasteiger partial charge in [0, 0.05) is 17.7 Å². The summed E-state index contributed by atoms with van der Waals surface area (Å²) < 4.78 is 0. The van der Waals surface area contributed by atoms with Crippen molar-refractivity contribution in [2.45, 2.75) is 46.6 Å². The van der Waals surface area contributed by atoms with Gasteiger partial charge in [-0.2, -0.15) is 0 Å². The van der Waals surface area contributed by atoms with Crippen LogP contribution in [-0.4, -0.2) is 29.6 Å². The molecule has 1 rings (SSSR count). The van der Waals surface area contributed by atoms with Gasteiger partial charge in [0.25, 0.3) is 5.91 Å². The van der Waals surface area contributed by atoms with E-state index in [0.717, 1.165) is 11.3 Å². The molecule has 0 aromatic heterocycles. The fraction of sp³-hybridized carbons (Fsp3) is 0.529. The summed E-state index contributed by atoms with van der Waals surface area (Å²) in [6.07, 6.45) is 1.14. The van der Waals surface area contributed by atoms with Gasteiger partial charge in [-0.15, -0.1) is 0 Å². The van der Waals surface area contributed by atoms with E-state index in [9.17, 15) is 9.59 Å². The molecule has 5 heteroatoms. The predicted molar refractivity (Wildman–Crippen MR) is 87.9 cm³/mol. The van der Waals surface area contributed by atoms with Gasteiger partial charge < -0.3 is 15.7 Å². The van der Waals surface area contributed by atoms with Crippen LogP contribution in [0.1, 0.15) is 49.5 Å². The Labute approximate surface area is 132 Å². The minimum Gasteiger partial charge on any atom is -0.394 e. The van der Waals surface area contributed by atoms with Crippen molar-refractivity contribution in [2.24, 2.45) is 5.92 Å². The minimum atomic E-state index is -0.238. The van der Waals surface area contributed by atoms with Crippen LogP contribution >= 0.6 is 0 Å². The van der Waals surface area contributed by atoms with E-state index >= 15 is 0 Å². The highest BCUT2D eigenvalue weighted by Crippen LogP contribution is 2.17. The second-order valence-corrected chi connectivity index (χ2v) is 5.94. The molecule has 1 unspecified atom stereocenters. The Balaban J connectivity index is 2.76. The second kappa shape index (κ2) is 8.54. The van der Waals surface area contributed by atoms with E-state index in [-0.39, 0.29) is 24.5 Å². The molecule has 0 saturated heterocycles. The number of aliphatic hydroxyl groups is 1. The molecule has 0 fully saturated rings. The van der Waals surface area contributed by atoms with E-state index in [4.69, 9.17) is 5.11 Å². The SMILES string of the molecule is CCC(CO)NC(=O)c1ccc(NC(=O)CC(C)C)c(C)c1. The first-order chi connectivity index (χ1) is 10.4. The van der Waals surface area contributed by atoms with Crippen molar-refractivity contribution >= 4 is 17.5 Å². The lowest BCUT2D eigenvalue weighted by molar-refractivity contribution is -0.116. The molecule has 0 heterocycles. The number of amides is 2. The van der Waals surface area contributed by atoms with Crippen LogP contribution in [0.25, 0.3) is 0 Å². The van der Waals surface area contributed by atoms with Gasteiger partial charge in [0.1, 0.15) is 0 Å². The van der Waals surface area contributed by atoms with Crippen molar-refractivity contribution in [1.82, 2.24) is 5.32 Å². The van der Waals surface area contributed by atoms with Gasteiger partial charge in [0.05, 0.1) is 12.6 Å². The monoisotopic (exact) mass is 306 g/mol. The molecular weight excluding hydrogens is 280 g/mol. The summed E-state index contributed by atoms with van der Waals surface area (Å²) >= 11 is 0. The standard InChI is InChI=1S/C17H26N2O3/c1-5-14(10-20)18-17(22)13-6-7-15(12(4)9-13)19-16(21)8-11(2)3/h6-7,9,11,14,20H,5,8,10H2,1-4H3,(H,18,22)(H,19,21). The third-order valence-corrected chi connectivity index (χ3v) is 3.40. The number of carbonyl (C=O) groups is 2. The maximum Gasteiger partial charge on any atom is 0.251 e. The van der Waals surface area contributed by atoms with Crippen LogP contribution in [-0.2, 0) is 4.79 Å². The molecular formula is C17H26N2O3. The van der Waals surface area contributed by atoms with E-state index in [0.29, 0.717) is 24.3 Å². The van der Waals surface area contributed by atoms with Gasteiger partial charge in [-0.3, -0.25) is 9.59 Å². The quantitative estimate of drug-likeness (QED) is 0.724. The number of hydrogen-bond acceptors (Lipinski definition) is 3. The van der Waals surface area contributed by atoms with Crippen LogP contribution < -0.4 is 10.6 Å². The first kappa shape index (κ1) is 18.2. The number of carbonyl (C=O) groups excluding carboxylic acids is 2. The summed E-state index contributed by atoms with van der Waals surface area (Å²) in [5, 5.41) is 14.8. The van der Waals surface area contributed by atoms with Gasteiger partial charge in [-0.25, -0.2) is 0 Å². The maximum atomic E-state index is 12.1. The molecule has 22 heavy (non-hydrogen) atoms. The fourth-order valence-electron chi connectivity index (χ4n) is 2.06. The first-order valence-corrected chi connectivity index (χ1v) is 7.69. The normalized spacial score (nSPS) is 12.1. The second-order valence-electron chi connectivity index (χ2n) is 5.94. The molecule has 5 nitrogen and oxygen atoms in total. The summed E-state index contributed by atoms with van der Waals surface area (Å²) in [4.78, 5) is 23.9. The zero-order valence-corrected chi connectivity index (χ0v) is 13.8. The Morgan fingerprint density at radius 1 is 1.27 bits per heavy atom. The maximum absolute atomic E-state index is 12.1. The molecule has 2 amide bonds. The number of hydrogen-bond donors (Lipinski definition) is 3. The van der Waals surface area contributed by atoms with Crippen molar-refractivity contribution in [3.05, 3.63) is 29.3 Å². The van der Waals surface area contributed by atoms with Crippen LogP contribution in [0, 0.1) is 12.8 Å². The topological polar surface area (TPSA) is 78.4 Å². The Hall–Kier alpha value is -1.88. The number of benzene rings is 1. The lowest BCUT2D eigenvalue weighted by atomic mass is 10.1. The van der Waals surface area contributed by atoms with Gasteiger partial charge in [-0.1, -0.05) is 20.8 Å². The van der Waals surface area contributed by atoms with Gasteiger partial charge in [0.15, 0.2) is 0 Å². The summed E-state index contributed by atoms with van der Waals surface area (Å²) in [6.45, 7) is 7.66. The smallest absolute Gasteiger partial charge is 0.251 e. The highest BCUT2D eigenvalue weighted by Gasteiger charge is 2.13. The van der Waals surface area contributed by atoms with Gasteiger partial charge >= 0.3 is 0 Å². The van der Waals surface area contributed by atoms with Crippen LogP contribution in [0.4, 0.5) is 5.69 Å². The zero-order chi connectivity index (χ0) is 16.7. The fourth-order valence-corrected chi connectivity index (χ4v) is 2.06. The Morgan fingerprint density at radius 2 is 1.95 bits per heavy atom. The Bertz CT molecular complexity index is 523. The molecule has 0 aliphatic heterocycles.